The number of aromatic nitrogens is 1. The molecule has 1 fully saturated rings. The van der Waals surface area contributed by atoms with Crippen molar-refractivity contribution >= 4 is 35.1 Å². The van der Waals surface area contributed by atoms with E-state index in [0.717, 1.165) is 36.0 Å². The highest BCUT2D eigenvalue weighted by atomic mass is 35.5. The lowest BCUT2D eigenvalue weighted by molar-refractivity contribution is -0.120. The average molecular weight is 352 g/mol. The van der Waals surface area contributed by atoms with Gasteiger partial charge in [-0.2, -0.15) is 0 Å². The molecule has 0 aliphatic heterocycles. The molecule has 1 saturated carbocycles. The van der Waals surface area contributed by atoms with Gasteiger partial charge in [-0.15, -0.1) is 12.4 Å². The van der Waals surface area contributed by atoms with Gasteiger partial charge in [-0.3, -0.25) is 4.79 Å². The third-order valence-corrected chi connectivity index (χ3v) is 4.60. The monoisotopic (exact) mass is 351 g/mol. The van der Waals surface area contributed by atoms with Crippen LogP contribution in [0.2, 0.25) is 0 Å². The highest BCUT2D eigenvalue weighted by Gasteiger charge is 2.32. The van der Waals surface area contributed by atoms with Crippen LogP contribution < -0.4 is 11.1 Å². The van der Waals surface area contributed by atoms with Gasteiger partial charge < -0.3 is 15.5 Å². The van der Waals surface area contributed by atoms with Crippen molar-refractivity contribution in [2.24, 2.45) is 17.6 Å². The van der Waals surface area contributed by atoms with E-state index in [4.69, 9.17) is 10.2 Å². The standard InChI is InChI=1S/C18H25N3O2.ClH/c1-18(2,3)17-21-14-9-12(7-8-15(14)23-17)20-16(22)13-6-4-5-11(13)10-19;/h7-9,11,13H,4-6,10,19H2,1-3H3,(H,20,22);1H/t11-,13-;/m1./s1. The Kier molecular flexibility index (Phi) is 5.56. The number of nitrogens with zero attached hydrogens (tertiary/aromatic N) is 1. The summed E-state index contributed by atoms with van der Waals surface area (Å²) in [5.41, 5.74) is 7.91. The van der Waals surface area contributed by atoms with Crippen LogP contribution >= 0.6 is 12.4 Å². The first-order valence-electron chi connectivity index (χ1n) is 8.30. The lowest BCUT2D eigenvalue weighted by Crippen LogP contribution is -2.29. The Morgan fingerprint density at radius 1 is 1.38 bits per heavy atom. The quantitative estimate of drug-likeness (QED) is 0.879. The van der Waals surface area contributed by atoms with Gasteiger partial charge >= 0.3 is 0 Å². The first kappa shape index (κ1) is 18.7. The largest absolute Gasteiger partial charge is 0.440 e. The van der Waals surface area contributed by atoms with E-state index in [1.165, 1.54) is 0 Å². The number of fused-ring (bicyclic) bond motifs is 1. The van der Waals surface area contributed by atoms with E-state index in [1.807, 2.05) is 18.2 Å². The van der Waals surface area contributed by atoms with E-state index < -0.39 is 0 Å². The molecule has 0 bridgehead atoms. The molecule has 1 aliphatic carbocycles. The smallest absolute Gasteiger partial charge is 0.227 e. The Bertz CT molecular complexity index is 721. The van der Waals surface area contributed by atoms with Crippen molar-refractivity contribution in [1.82, 2.24) is 4.98 Å². The summed E-state index contributed by atoms with van der Waals surface area (Å²) in [5.74, 6) is 1.10. The summed E-state index contributed by atoms with van der Waals surface area (Å²) in [6.45, 7) is 6.77. The van der Waals surface area contributed by atoms with Gasteiger partial charge in [-0.1, -0.05) is 27.2 Å². The van der Waals surface area contributed by atoms with Crippen LogP contribution in [0, 0.1) is 11.8 Å². The number of halogens is 1. The number of anilines is 1. The van der Waals surface area contributed by atoms with E-state index in [2.05, 4.69) is 31.1 Å². The van der Waals surface area contributed by atoms with E-state index in [0.29, 0.717) is 18.4 Å². The summed E-state index contributed by atoms with van der Waals surface area (Å²) in [7, 11) is 0. The van der Waals surface area contributed by atoms with Gasteiger partial charge in [0.25, 0.3) is 0 Å². The number of carbonyl (C=O) groups is 1. The highest BCUT2D eigenvalue weighted by Crippen LogP contribution is 2.32. The van der Waals surface area contributed by atoms with Crippen LogP contribution in [0.4, 0.5) is 5.69 Å². The Labute approximate surface area is 148 Å². The van der Waals surface area contributed by atoms with E-state index >= 15 is 0 Å². The van der Waals surface area contributed by atoms with Crippen molar-refractivity contribution in [2.75, 3.05) is 11.9 Å². The summed E-state index contributed by atoms with van der Waals surface area (Å²) >= 11 is 0. The van der Waals surface area contributed by atoms with Crippen molar-refractivity contribution < 1.29 is 9.21 Å². The predicted octanol–water partition coefficient (Wildman–Crippen LogP) is 3.86. The summed E-state index contributed by atoms with van der Waals surface area (Å²) in [6.07, 6.45) is 3.05. The highest BCUT2D eigenvalue weighted by molar-refractivity contribution is 5.94. The summed E-state index contributed by atoms with van der Waals surface area (Å²) in [6, 6.07) is 5.60. The van der Waals surface area contributed by atoms with Gasteiger partial charge in [-0.05, 0) is 43.5 Å². The molecular weight excluding hydrogens is 326 g/mol. The van der Waals surface area contributed by atoms with Gasteiger partial charge in [0.2, 0.25) is 11.8 Å². The minimum Gasteiger partial charge on any atom is -0.440 e. The van der Waals surface area contributed by atoms with Crippen molar-refractivity contribution in [1.29, 1.82) is 0 Å². The maximum absolute atomic E-state index is 12.5. The second-order valence-electron chi connectivity index (χ2n) is 7.47. The maximum atomic E-state index is 12.5. The first-order chi connectivity index (χ1) is 10.9. The first-order valence-corrected chi connectivity index (χ1v) is 8.30. The SMILES string of the molecule is CC(C)(C)c1nc2cc(NC(=O)[C@@H]3CCC[C@@H]3CN)ccc2o1.Cl. The van der Waals surface area contributed by atoms with Gasteiger partial charge in [0.05, 0.1) is 0 Å². The Hall–Kier alpha value is -1.59. The van der Waals surface area contributed by atoms with Gasteiger partial charge in [-0.25, -0.2) is 4.98 Å². The normalized spacial score (nSPS) is 20.8. The molecule has 132 valence electrons. The van der Waals surface area contributed by atoms with Crippen molar-refractivity contribution in [3.05, 3.63) is 24.1 Å². The lowest BCUT2D eigenvalue weighted by Gasteiger charge is -2.17. The number of rotatable bonds is 3. The third-order valence-electron chi connectivity index (χ3n) is 4.60. The molecular formula is C18H26ClN3O2. The predicted molar refractivity (Wildman–Crippen MR) is 98.5 cm³/mol. The number of benzene rings is 1. The molecule has 3 N–H and O–H groups in total. The van der Waals surface area contributed by atoms with Crippen LogP contribution in [0.1, 0.15) is 45.9 Å². The van der Waals surface area contributed by atoms with Crippen molar-refractivity contribution in [3.8, 4) is 0 Å². The molecule has 1 heterocycles. The van der Waals surface area contributed by atoms with Crippen LogP contribution in [0.3, 0.4) is 0 Å². The average Bonchev–Trinajstić information content (AvgIpc) is 3.12. The van der Waals surface area contributed by atoms with Crippen molar-refractivity contribution in [3.63, 3.8) is 0 Å². The fourth-order valence-electron chi connectivity index (χ4n) is 3.23. The molecule has 0 unspecified atom stereocenters. The summed E-state index contributed by atoms with van der Waals surface area (Å²) < 4.78 is 5.79. The Morgan fingerprint density at radius 2 is 2.12 bits per heavy atom. The fourth-order valence-corrected chi connectivity index (χ4v) is 3.23. The zero-order valence-corrected chi connectivity index (χ0v) is 15.3. The number of hydrogen-bond acceptors (Lipinski definition) is 4. The number of carbonyl (C=O) groups excluding carboxylic acids is 1. The van der Waals surface area contributed by atoms with Crippen LogP contribution in [0.5, 0.6) is 0 Å². The van der Waals surface area contributed by atoms with E-state index in [1.54, 1.807) is 0 Å². The summed E-state index contributed by atoms with van der Waals surface area (Å²) in [5, 5.41) is 3.01. The molecule has 1 aromatic heterocycles. The van der Waals surface area contributed by atoms with Crippen LogP contribution in [-0.2, 0) is 10.2 Å². The number of amides is 1. The minimum atomic E-state index is -0.138. The topological polar surface area (TPSA) is 81.2 Å². The molecule has 3 rings (SSSR count). The molecule has 6 heteroatoms. The van der Waals surface area contributed by atoms with Gasteiger partial charge in [0.15, 0.2) is 5.58 Å². The molecule has 1 amide bonds. The van der Waals surface area contributed by atoms with E-state index in [-0.39, 0.29) is 29.6 Å². The molecule has 0 saturated heterocycles. The second-order valence-corrected chi connectivity index (χ2v) is 7.47. The molecule has 2 aromatic rings. The molecule has 0 radical (unpaired) electrons. The van der Waals surface area contributed by atoms with E-state index in [9.17, 15) is 4.79 Å². The zero-order valence-electron chi connectivity index (χ0n) is 14.5. The lowest BCUT2D eigenvalue weighted by atomic mass is 9.95. The number of oxazole rings is 1. The molecule has 1 aromatic carbocycles. The maximum Gasteiger partial charge on any atom is 0.227 e. The molecule has 5 nitrogen and oxygen atoms in total. The van der Waals surface area contributed by atoms with Crippen molar-refractivity contribution in [2.45, 2.75) is 45.4 Å². The zero-order chi connectivity index (χ0) is 16.6. The van der Waals surface area contributed by atoms with Gasteiger partial charge in [0.1, 0.15) is 5.52 Å². The Morgan fingerprint density at radius 3 is 2.79 bits per heavy atom. The molecule has 2 atom stereocenters. The van der Waals surface area contributed by atoms with Crippen LogP contribution in [-0.4, -0.2) is 17.4 Å². The van der Waals surface area contributed by atoms with Crippen LogP contribution in [0.25, 0.3) is 11.1 Å². The Balaban J connectivity index is 0.00000208. The van der Waals surface area contributed by atoms with Gasteiger partial charge in [0, 0.05) is 17.0 Å². The molecule has 1 aliphatic rings. The third kappa shape index (κ3) is 3.73. The number of nitrogens with one attached hydrogen (secondary N) is 1. The number of nitrogens with two attached hydrogens (primary N) is 1. The molecule has 24 heavy (non-hydrogen) atoms. The fraction of sp³-hybridized carbons (Fsp3) is 0.556. The summed E-state index contributed by atoms with van der Waals surface area (Å²) in [4.78, 5) is 17.0. The van der Waals surface area contributed by atoms with Crippen LogP contribution in [0.15, 0.2) is 22.6 Å². The second kappa shape index (κ2) is 7.11. The minimum absolute atomic E-state index is 0. The molecule has 0 spiro atoms. The number of hydrogen-bond donors (Lipinski definition) is 2.